The third-order valence-corrected chi connectivity index (χ3v) is 4.96. The van der Waals surface area contributed by atoms with E-state index in [9.17, 15) is 19.3 Å². The third-order valence-electron chi connectivity index (χ3n) is 4.96. The van der Waals surface area contributed by atoms with Gasteiger partial charge < -0.3 is 20.1 Å². The molecule has 0 amide bonds. The largest absolute Gasteiger partial charge is 0.362 e. The molecule has 8 nitrogen and oxygen atoms in total. The maximum Gasteiger partial charge on any atom is 0.294 e. The molecule has 0 saturated heterocycles. The van der Waals surface area contributed by atoms with Crippen molar-refractivity contribution in [3.05, 3.63) is 57.3 Å². The first kappa shape index (κ1) is 18.3. The average Bonchev–Trinajstić information content (AvgIpc) is 2.60. The lowest BCUT2D eigenvalue weighted by molar-refractivity contribution is -0.451. The Kier molecular flexibility index (Phi) is 4.92. The molecule has 2 bridgehead atoms. The number of hydrogen-bond donors (Lipinski definition) is 2. The van der Waals surface area contributed by atoms with Gasteiger partial charge in [-0.3, -0.25) is 14.9 Å². The quantitative estimate of drug-likeness (QED) is 0.445. The van der Waals surface area contributed by atoms with E-state index in [0.29, 0.717) is 0 Å². The Morgan fingerprint density at radius 2 is 1.96 bits per heavy atom. The summed E-state index contributed by atoms with van der Waals surface area (Å²) in [6.45, 7) is 0.264. The molecule has 2 unspecified atom stereocenters. The predicted octanol–water partition coefficient (Wildman–Crippen LogP) is 1.30. The topological polar surface area (TPSA) is 103 Å². The van der Waals surface area contributed by atoms with E-state index in [4.69, 9.17) is 9.47 Å². The summed E-state index contributed by atoms with van der Waals surface area (Å²) in [4.78, 5) is 23.3. The van der Waals surface area contributed by atoms with Crippen LogP contribution in [0.4, 0.5) is 4.39 Å². The number of carbonyl (C=O) groups excluding carboxylic acids is 1. The fourth-order valence-corrected chi connectivity index (χ4v) is 3.73. The van der Waals surface area contributed by atoms with Gasteiger partial charge in [-0.15, -0.1) is 0 Å². The van der Waals surface area contributed by atoms with E-state index in [2.05, 4.69) is 10.6 Å². The summed E-state index contributed by atoms with van der Waals surface area (Å²) in [5.74, 6) is -2.33. The summed E-state index contributed by atoms with van der Waals surface area (Å²) in [7, 11) is 2.82. The Morgan fingerprint density at radius 1 is 1.31 bits per heavy atom. The summed E-state index contributed by atoms with van der Waals surface area (Å²) in [6.07, 6.45) is 0.114. The molecule has 3 rings (SSSR count). The standard InChI is InChI=1S/C17H20FN3O5/c1-25-17(26-2)13-7-12(22)8-14(17)20-16(15(13)21(23)24)19-9-10-3-5-11(18)6-4-10/h3-6,13-14,19-20H,7-9H2,1-2H3. The maximum absolute atomic E-state index is 13.0. The summed E-state index contributed by atoms with van der Waals surface area (Å²) < 4.78 is 24.0. The molecule has 140 valence electrons. The summed E-state index contributed by atoms with van der Waals surface area (Å²) >= 11 is 0. The molecular formula is C17H20FN3O5. The Labute approximate surface area is 149 Å². The molecule has 1 aliphatic heterocycles. The molecule has 0 spiro atoms. The first-order valence-corrected chi connectivity index (χ1v) is 8.16. The number of nitro groups is 1. The highest BCUT2D eigenvalue weighted by atomic mass is 19.1. The lowest BCUT2D eigenvalue weighted by Gasteiger charge is -2.48. The fraction of sp³-hybridized carbons (Fsp3) is 0.471. The molecule has 1 aromatic carbocycles. The number of ether oxygens (including phenoxy) is 2. The van der Waals surface area contributed by atoms with E-state index in [0.717, 1.165) is 5.56 Å². The van der Waals surface area contributed by atoms with Crippen molar-refractivity contribution in [2.45, 2.75) is 31.2 Å². The van der Waals surface area contributed by atoms with Crippen molar-refractivity contribution in [3.8, 4) is 0 Å². The summed E-state index contributed by atoms with van der Waals surface area (Å²) in [5.41, 5.74) is 0.583. The van der Waals surface area contributed by atoms with Crippen LogP contribution in [0.2, 0.25) is 0 Å². The first-order chi connectivity index (χ1) is 12.4. The summed E-state index contributed by atoms with van der Waals surface area (Å²) in [6, 6.07) is 5.28. The van der Waals surface area contributed by atoms with E-state index in [1.54, 1.807) is 12.1 Å². The second-order valence-corrected chi connectivity index (χ2v) is 6.32. The van der Waals surface area contributed by atoms with Gasteiger partial charge in [-0.25, -0.2) is 4.39 Å². The monoisotopic (exact) mass is 365 g/mol. The zero-order chi connectivity index (χ0) is 18.9. The second-order valence-electron chi connectivity index (χ2n) is 6.32. The van der Waals surface area contributed by atoms with Crippen molar-refractivity contribution in [1.82, 2.24) is 10.6 Å². The molecule has 2 N–H and O–H groups in total. The number of rotatable bonds is 6. The van der Waals surface area contributed by atoms with Gasteiger partial charge in [-0.1, -0.05) is 12.1 Å². The van der Waals surface area contributed by atoms with E-state index >= 15 is 0 Å². The van der Waals surface area contributed by atoms with E-state index in [1.165, 1.54) is 26.4 Å². The normalized spacial score (nSPS) is 24.2. The van der Waals surface area contributed by atoms with Gasteiger partial charge in [0, 0.05) is 33.6 Å². The molecule has 0 aromatic heterocycles. The van der Waals surface area contributed by atoms with Gasteiger partial charge in [-0.2, -0.15) is 0 Å². The minimum Gasteiger partial charge on any atom is -0.362 e. The molecule has 1 heterocycles. The number of nitrogens with one attached hydrogen (secondary N) is 2. The number of benzene rings is 1. The van der Waals surface area contributed by atoms with Crippen LogP contribution in [-0.2, 0) is 20.8 Å². The van der Waals surface area contributed by atoms with Crippen LogP contribution in [0.15, 0.2) is 35.8 Å². The van der Waals surface area contributed by atoms with Crippen molar-refractivity contribution in [2.75, 3.05) is 14.2 Å². The van der Waals surface area contributed by atoms with Crippen LogP contribution in [0.3, 0.4) is 0 Å². The van der Waals surface area contributed by atoms with Gasteiger partial charge in [-0.05, 0) is 17.7 Å². The number of carbonyl (C=O) groups is 1. The summed E-state index contributed by atoms with van der Waals surface area (Å²) in [5, 5.41) is 17.7. The maximum atomic E-state index is 13.0. The van der Waals surface area contributed by atoms with Gasteiger partial charge in [0.05, 0.1) is 11.0 Å². The Balaban J connectivity index is 1.94. The lowest BCUT2D eigenvalue weighted by Crippen LogP contribution is -2.66. The SMILES string of the molecule is COC1(OC)C2CC(=O)CC1C([N+](=O)[O-])=C(NCc1ccc(F)cc1)N2. The zero-order valence-corrected chi connectivity index (χ0v) is 14.5. The Morgan fingerprint density at radius 3 is 2.54 bits per heavy atom. The highest BCUT2D eigenvalue weighted by Crippen LogP contribution is 2.44. The minimum atomic E-state index is -1.28. The number of ketones is 1. The van der Waals surface area contributed by atoms with Gasteiger partial charge >= 0.3 is 0 Å². The van der Waals surface area contributed by atoms with Crippen LogP contribution in [0.1, 0.15) is 18.4 Å². The lowest BCUT2D eigenvalue weighted by atomic mass is 9.74. The molecule has 1 aromatic rings. The molecule has 0 radical (unpaired) electrons. The second kappa shape index (κ2) is 7.00. The molecule has 9 heteroatoms. The van der Waals surface area contributed by atoms with Gasteiger partial charge in [0.1, 0.15) is 17.5 Å². The van der Waals surface area contributed by atoms with E-state index in [-0.39, 0.29) is 42.5 Å². The van der Waals surface area contributed by atoms with Gasteiger partial charge in [0.2, 0.25) is 5.79 Å². The highest BCUT2D eigenvalue weighted by molar-refractivity contribution is 5.81. The highest BCUT2D eigenvalue weighted by Gasteiger charge is 2.60. The zero-order valence-electron chi connectivity index (χ0n) is 14.5. The molecule has 1 aliphatic carbocycles. The average molecular weight is 365 g/mol. The number of fused-ring (bicyclic) bond motifs is 2. The molecule has 26 heavy (non-hydrogen) atoms. The number of Topliss-reactive ketones (excluding diaryl/α,β-unsaturated/α-hetero) is 1. The smallest absolute Gasteiger partial charge is 0.294 e. The number of hydrogen-bond acceptors (Lipinski definition) is 7. The van der Waals surface area contributed by atoms with Crippen molar-refractivity contribution < 1.29 is 23.6 Å². The fourth-order valence-electron chi connectivity index (χ4n) is 3.73. The molecule has 1 fully saturated rings. The van der Waals surface area contributed by atoms with Crippen LogP contribution in [0.25, 0.3) is 0 Å². The predicted molar refractivity (Wildman–Crippen MR) is 88.7 cm³/mol. The number of methoxy groups -OCH3 is 2. The first-order valence-electron chi connectivity index (χ1n) is 8.16. The Hall–Kier alpha value is -2.52. The van der Waals surface area contributed by atoms with Crippen LogP contribution in [0, 0.1) is 21.8 Å². The van der Waals surface area contributed by atoms with Crippen molar-refractivity contribution in [1.29, 1.82) is 0 Å². The Bertz CT molecular complexity index is 745. The molecule has 2 aliphatic rings. The molecular weight excluding hydrogens is 345 g/mol. The molecule has 1 saturated carbocycles. The van der Waals surface area contributed by atoms with Crippen molar-refractivity contribution >= 4 is 5.78 Å². The molecule has 2 atom stereocenters. The van der Waals surface area contributed by atoms with Gasteiger partial charge in [0.25, 0.3) is 5.70 Å². The number of nitrogens with zero attached hydrogens (tertiary/aromatic N) is 1. The number of halogens is 1. The van der Waals surface area contributed by atoms with Gasteiger partial charge in [0.15, 0.2) is 5.82 Å². The van der Waals surface area contributed by atoms with Crippen LogP contribution < -0.4 is 10.6 Å². The third kappa shape index (κ3) is 3.04. The van der Waals surface area contributed by atoms with Crippen LogP contribution in [-0.4, -0.2) is 36.8 Å². The van der Waals surface area contributed by atoms with Crippen LogP contribution >= 0.6 is 0 Å². The van der Waals surface area contributed by atoms with Crippen LogP contribution in [0.5, 0.6) is 0 Å². The minimum absolute atomic E-state index is 0.0299. The van der Waals surface area contributed by atoms with Crippen molar-refractivity contribution in [3.63, 3.8) is 0 Å². The van der Waals surface area contributed by atoms with E-state index in [1.807, 2.05) is 0 Å². The van der Waals surface area contributed by atoms with Crippen molar-refractivity contribution in [2.24, 2.45) is 5.92 Å². The van der Waals surface area contributed by atoms with E-state index < -0.39 is 22.7 Å².